The Hall–Kier alpha value is -3.28. The van der Waals surface area contributed by atoms with E-state index in [0.29, 0.717) is 22.6 Å². The van der Waals surface area contributed by atoms with Crippen LogP contribution in [0.4, 0.5) is 10.5 Å². The van der Waals surface area contributed by atoms with Crippen molar-refractivity contribution in [1.82, 2.24) is 0 Å². The number of hydrogen-bond donors (Lipinski definition) is 0. The van der Waals surface area contributed by atoms with Gasteiger partial charge in [-0.25, -0.2) is 9.78 Å². The average molecular weight is 307 g/mol. The van der Waals surface area contributed by atoms with E-state index in [1.807, 2.05) is 18.2 Å². The zero-order valence-electron chi connectivity index (χ0n) is 12.3. The summed E-state index contributed by atoms with van der Waals surface area (Å²) in [6.07, 6.45) is 1.56. The predicted octanol–water partition coefficient (Wildman–Crippen LogP) is 1.58. The number of para-hydroxylation sites is 2. The van der Waals surface area contributed by atoms with Gasteiger partial charge in [-0.2, -0.15) is 4.79 Å². The summed E-state index contributed by atoms with van der Waals surface area (Å²) in [6.45, 7) is 0. The normalized spacial score (nSPS) is 13.5. The summed E-state index contributed by atoms with van der Waals surface area (Å²) in [6, 6.07) is 13.8. The zero-order chi connectivity index (χ0) is 16.0. The number of anilines is 1. The van der Waals surface area contributed by atoms with E-state index in [1.165, 1.54) is 4.57 Å². The minimum absolute atomic E-state index is 0.302. The topological polar surface area (TPSA) is 64.6 Å². The number of carbonyl (C=O) groups is 2. The van der Waals surface area contributed by atoms with Crippen molar-refractivity contribution in [2.24, 2.45) is 0 Å². The predicted molar refractivity (Wildman–Crippen MR) is 81.3 cm³/mol. The molecule has 2 heterocycles. The van der Waals surface area contributed by atoms with Crippen LogP contribution in [0.2, 0.25) is 0 Å². The monoisotopic (exact) mass is 307 g/mol. The highest BCUT2D eigenvalue weighted by molar-refractivity contribution is 6.21. The molecule has 6 nitrogen and oxygen atoms in total. The maximum Gasteiger partial charge on any atom is 0.512 e. The molecule has 0 fully saturated rings. The quantitative estimate of drug-likeness (QED) is 0.675. The van der Waals surface area contributed by atoms with E-state index in [9.17, 15) is 9.59 Å². The van der Waals surface area contributed by atoms with Gasteiger partial charge in [-0.05, 0) is 18.2 Å². The third-order valence-corrected chi connectivity index (χ3v) is 3.87. The van der Waals surface area contributed by atoms with Crippen LogP contribution in [0, 0.1) is 0 Å². The number of fused-ring (bicyclic) bond motifs is 3. The van der Waals surface area contributed by atoms with Gasteiger partial charge in [0.1, 0.15) is 11.4 Å². The molecule has 1 N–H and O–H groups in total. The molecule has 2 aromatic carbocycles. The molecule has 0 radical (unpaired) electrons. The lowest BCUT2D eigenvalue weighted by Crippen LogP contribution is -2.47. The van der Waals surface area contributed by atoms with Gasteiger partial charge in [0.15, 0.2) is 0 Å². The molecule has 1 aromatic heterocycles. The van der Waals surface area contributed by atoms with Crippen LogP contribution in [0.15, 0.2) is 54.7 Å². The number of amides is 2. The lowest BCUT2D eigenvalue weighted by Gasteiger charge is -2.06. The van der Waals surface area contributed by atoms with Crippen molar-refractivity contribution in [3.05, 3.63) is 60.4 Å². The number of methoxy groups -OCH3 is 1. The molecule has 0 saturated heterocycles. The molecule has 0 aliphatic carbocycles. The Morgan fingerprint density at radius 1 is 1.09 bits per heavy atom. The van der Waals surface area contributed by atoms with E-state index in [1.54, 1.807) is 43.6 Å². The van der Waals surface area contributed by atoms with Crippen LogP contribution < -0.4 is 19.2 Å². The summed E-state index contributed by atoms with van der Waals surface area (Å²) in [5.41, 5.74) is 2.22. The van der Waals surface area contributed by atoms with Crippen molar-refractivity contribution in [1.29, 1.82) is 0 Å². The highest BCUT2D eigenvalue weighted by Crippen LogP contribution is 2.25. The molecule has 4 rings (SSSR count). The van der Waals surface area contributed by atoms with Gasteiger partial charge in [0.05, 0.1) is 7.11 Å². The minimum Gasteiger partial charge on any atom is -0.497 e. The fourth-order valence-electron chi connectivity index (χ4n) is 2.77. The summed E-state index contributed by atoms with van der Waals surface area (Å²) in [5.74, 6) is 0.214. The summed E-state index contributed by atoms with van der Waals surface area (Å²) >= 11 is 0. The lowest BCUT2D eigenvalue weighted by atomic mass is 10.2. The first-order chi connectivity index (χ1) is 11.2. The number of carbonyl (C=O) groups excluding carboxylic acids is 2. The van der Waals surface area contributed by atoms with Gasteiger partial charge in [-0.3, -0.25) is 0 Å². The molecule has 2 amide bonds. The first-order valence-electron chi connectivity index (χ1n) is 7.09. The van der Waals surface area contributed by atoms with E-state index in [-0.39, 0.29) is 5.91 Å². The summed E-state index contributed by atoms with van der Waals surface area (Å²) in [7, 11) is 1.54. The number of ether oxygens (including phenoxy) is 1. The van der Waals surface area contributed by atoms with Gasteiger partial charge in [0.2, 0.25) is 11.7 Å². The number of aromatic amines is 1. The fraction of sp³-hybridized carbons (Fsp3) is 0.0588. The molecule has 0 bridgehead atoms. The van der Waals surface area contributed by atoms with Crippen LogP contribution in [-0.2, 0) is 0 Å². The van der Waals surface area contributed by atoms with Crippen molar-refractivity contribution in [3.63, 3.8) is 0 Å². The highest BCUT2D eigenvalue weighted by Gasteiger charge is 2.49. The standard InChI is InChI=1S/C17H12N3O3/c1-23-12-6-4-5-11(9-12)19-16(21)15-10-18-13-7-2-3-8-14(13)20(15)17(19)22/h2-10H,1H3/q+1/p+1. The summed E-state index contributed by atoms with van der Waals surface area (Å²) < 4.78 is 6.59. The van der Waals surface area contributed by atoms with Gasteiger partial charge < -0.3 is 4.74 Å². The van der Waals surface area contributed by atoms with Crippen LogP contribution >= 0.6 is 0 Å². The molecule has 6 heteroatoms. The Kier molecular flexibility index (Phi) is 2.84. The molecule has 1 aliphatic rings. The number of rotatable bonds is 2. The fourth-order valence-corrected chi connectivity index (χ4v) is 2.77. The molecular formula is C17H13N3O3+2. The number of hydrogen-bond acceptors (Lipinski definition) is 3. The van der Waals surface area contributed by atoms with Crippen LogP contribution in [-0.4, -0.2) is 19.0 Å². The molecule has 0 saturated carbocycles. The average Bonchev–Trinajstić information content (AvgIpc) is 2.86. The van der Waals surface area contributed by atoms with Crippen molar-refractivity contribution in [3.8, 4) is 5.75 Å². The number of aromatic nitrogens is 2. The van der Waals surface area contributed by atoms with Gasteiger partial charge in [0.25, 0.3) is 11.2 Å². The smallest absolute Gasteiger partial charge is 0.497 e. The summed E-state index contributed by atoms with van der Waals surface area (Å²) in [5, 5.41) is 0. The van der Waals surface area contributed by atoms with Crippen molar-refractivity contribution >= 4 is 28.7 Å². The van der Waals surface area contributed by atoms with E-state index < -0.39 is 6.03 Å². The van der Waals surface area contributed by atoms with Gasteiger partial charge >= 0.3 is 11.9 Å². The van der Waals surface area contributed by atoms with Gasteiger partial charge in [-0.15, -0.1) is 9.47 Å². The zero-order valence-corrected chi connectivity index (χ0v) is 12.3. The Labute approximate surface area is 131 Å². The molecule has 1 aliphatic heterocycles. The van der Waals surface area contributed by atoms with Crippen molar-refractivity contribution in [2.75, 3.05) is 12.0 Å². The van der Waals surface area contributed by atoms with Gasteiger partial charge in [0, 0.05) is 12.1 Å². The first kappa shape index (κ1) is 13.4. The second-order valence-electron chi connectivity index (χ2n) is 5.15. The maximum absolute atomic E-state index is 12.8. The number of nitrogens with one attached hydrogen (secondary N) is 1. The number of H-pyrrole nitrogens is 1. The SMILES string of the molecule is COc1cccc(N2C(=O)c3c[nH+]c4ccccc4[n+]3C2=O)c1. The molecular weight excluding hydrogens is 294 g/mol. The van der Waals surface area contributed by atoms with Crippen LogP contribution in [0.25, 0.3) is 11.0 Å². The van der Waals surface area contributed by atoms with Crippen molar-refractivity contribution < 1.29 is 23.9 Å². The van der Waals surface area contributed by atoms with E-state index >= 15 is 0 Å². The molecule has 112 valence electrons. The van der Waals surface area contributed by atoms with Crippen LogP contribution in [0.3, 0.4) is 0 Å². The molecule has 3 aromatic rings. The second kappa shape index (κ2) is 4.88. The number of benzene rings is 2. The maximum atomic E-state index is 12.8. The Balaban J connectivity index is 1.91. The first-order valence-corrected chi connectivity index (χ1v) is 7.09. The second-order valence-corrected chi connectivity index (χ2v) is 5.15. The van der Waals surface area contributed by atoms with E-state index in [0.717, 1.165) is 10.4 Å². The molecule has 23 heavy (non-hydrogen) atoms. The Bertz CT molecular complexity index is 968. The third-order valence-electron chi connectivity index (χ3n) is 3.87. The third kappa shape index (κ3) is 1.88. The summed E-state index contributed by atoms with van der Waals surface area (Å²) in [4.78, 5) is 29.7. The number of nitrogens with zero attached hydrogens (tertiary/aromatic N) is 2. The van der Waals surface area contributed by atoms with E-state index in [4.69, 9.17) is 4.74 Å². The molecule has 0 unspecified atom stereocenters. The van der Waals surface area contributed by atoms with Crippen LogP contribution in [0.1, 0.15) is 10.5 Å². The molecule has 0 spiro atoms. The van der Waals surface area contributed by atoms with Crippen LogP contribution in [0.5, 0.6) is 5.75 Å². The van der Waals surface area contributed by atoms with Crippen molar-refractivity contribution in [2.45, 2.75) is 0 Å². The minimum atomic E-state index is -0.400. The van der Waals surface area contributed by atoms with Gasteiger partial charge in [-0.1, -0.05) is 18.2 Å². The Morgan fingerprint density at radius 3 is 2.74 bits per heavy atom. The Morgan fingerprint density at radius 2 is 1.91 bits per heavy atom. The molecule has 0 atom stereocenters. The highest BCUT2D eigenvalue weighted by atomic mass is 16.5. The number of imide groups is 1. The lowest BCUT2D eigenvalue weighted by molar-refractivity contribution is -0.551. The largest absolute Gasteiger partial charge is 0.512 e. The van der Waals surface area contributed by atoms with E-state index in [2.05, 4.69) is 4.98 Å².